The first-order chi connectivity index (χ1) is 11.4. The van der Waals surface area contributed by atoms with E-state index < -0.39 is 27.4 Å². The minimum Gasteiger partial charge on any atom is -0.395 e. The molecule has 0 spiro atoms. The van der Waals surface area contributed by atoms with Crippen molar-refractivity contribution in [1.29, 1.82) is 0 Å². The molecule has 1 unspecified atom stereocenters. The normalized spacial score (nSPS) is 22.7. The maximum absolute atomic E-state index is 12.8. The first kappa shape index (κ1) is 17.1. The summed E-state index contributed by atoms with van der Waals surface area (Å²) in [6.45, 7) is -0.250. The lowest BCUT2D eigenvalue weighted by molar-refractivity contribution is 0.0922. The van der Waals surface area contributed by atoms with Crippen LogP contribution in [0, 0.1) is 0 Å². The number of aliphatic hydroxyl groups is 1. The fraction of sp³-hybridized carbons (Fsp3) is 0.375. The number of halogens is 1. The number of allylic oxidation sites excluding steroid dienone is 2. The van der Waals surface area contributed by atoms with Crippen LogP contribution in [0.3, 0.4) is 0 Å². The molecular weight excluding hydrogens is 354 g/mol. The summed E-state index contributed by atoms with van der Waals surface area (Å²) < 4.78 is 23.5. The van der Waals surface area contributed by atoms with Crippen LogP contribution in [0.4, 0.5) is 0 Å². The lowest BCUT2D eigenvalue weighted by Gasteiger charge is -2.33. The number of ketones is 2. The number of carbonyl (C=O) groups excluding carboxylic acids is 2. The molecule has 1 saturated heterocycles. The van der Waals surface area contributed by atoms with Crippen molar-refractivity contribution in [3.05, 3.63) is 46.1 Å². The second-order valence-electron chi connectivity index (χ2n) is 5.84. The third-order valence-electron chi connectivity index (χ3n) is 4.32. The van der Waals surface area contributed by atoms with Gasteiger partial charge < -0.3 is 10.0 Å². The highest BCUT2D eigenvalue weighted by molar-refractivity contribution is 7.91. The number of hydrogen-bond acceptors (Lipinski definition) is 6. The van der Waals surface area contributed by atoms with Crippen LogP contribution in [0.25, 0.3) is 0 Å². The fourth-order valence-corrected chi connectivity index (χ4v) is 5.22. The van der Waals surface area contributed by atoms with Gasteiger partial charge in [0.05, 0.1) is 18.1 Å². The van der Waals surface area contributed by atoms with E-state index in [0.717, 1.165) is 0 Å². The van der Waals surface area contributed by atoms with Crippen LogP contribution < -0.4 is 0 Å². The number of aliphatic hydroxyl groups excluding tert-OH is 1. The molecule has 1 aromatic carbocycles. The summed E-state index contributed by atoms with van der Waals surface area (Å²) in [6, 6.07) is 5.89. The van der Waals surface area contributed by atoms with Crippen LogP contribution in [0.2, 0.25) is 0 Å². The van der Waals surface area contributed by atoms with Gasteiger partial charge in [0, 0.05) is 23.7 Å². The maximum Gasteiger partial charge on any atom is 0.211 e. The number of hydrogen-bond donors (Lipinski definition) is 1. The molecule has 0 saturated carbocycles. The van der Waals surface area contributed by atoms with Gasteiger partial charge in [0.1, 0.15) is 10.7 Å². The van der Waals surface area contributed by atoms with Gasteiger partial charge in [-0.15, -0.1) is 0 Å². The Labute approximate surface area is 144 Å². The van der Waals surface area contributed by atoms with Gasteiger partial charge in [0.15, 0.2) is 9.84 Å². The van der Waals surface area contributed by atoms with Crippen LogP contribution in [-0.2, 0) is 9.84 Å². The van der Waals surface area contributed by atoms with Crippen molar-refractivity contribution in [2.24, 2.45) is 0 Å². The van der Waals surface area contributed by atoms with Gasteiger partial charge >= 0.3 is 0 Å². The minimum absolute atomic E-state index is 0.0171. The highest BCUT2D eigenvalue weighted by atomic mass is 35.5. The molecule has 0 aromatic heterocycles. The first-order valence-electron chi connectivity index (χ1n) is 7.52. The molecule has 1 aliphatic heterocycles. The molecule has 1 fully saturated rings. The van der Waals surface area contributed by atoms with Gasteiger partial charge in [0.2, 0.25) is 11.6 Å². The number of fused-ring (bicyclic) bond motifs is 1. The third-order valence-corrected chi connectivity index (χ3v) is 6.42. The van der Waals surface area contributed by atoms with E-state index in [0.29, 0.717) is 6.42 Å². The second-order valence-corrected chi connectivity index (χ2v) is 8.45. The summed E-state index contributed by atoms with van der Waals surface area (Å²) in [7, 11) is -3.19. The van der Waals surface area contributed by atoms with Crippen molar-refractivity contribution in [2.45, 2.75) is 12.5 Å². The fourth-order valence-electron chi connectivity index (χ4n) is 3.19. The van der Waals surface area contributed by atoms with Crippen LogP contribution >= 0.6 is 11.6 Å². The Morgan fingerprint density at radius 1 is 1.17 bits per heavy atom. The predicted octanol–water partition coefficient (Wildman–Crippen LogP) is 0.997. The lowest BCUT2D eigenvalue weighted by Crippen LogP contribution is -2.42. The quantitative estimate of drug-likeness (QED) is 0.851. The number of Topliss-reactive ketones (excluding diaryl/α,β-unsaturated/α-hetero) is 2. The lowest BCUT2D eigenvalue weighted by atomic mass is 9.91. The molecule has 0 amide bonds. The standard InChI is InChI=1S/C16H16ClNO5S/c17-13-14(16(21)12-4-2-1-3-11(12)15(13)20)18(6-7-19)10-5-8-24(22,23)9-10/h1-4,10,19H,5-9H2. The van der Waals surface area contributed by atoms with Crippen molar-refractivity contribution in [1.82, 2.24) is 4.90 Å². The van der Waals surface area contributed by atoms with Crippen molar-refractivity contribution in [3.8, 4) is 0 Å². The SMILES string of the molecule is O=C1C(Cl)=C(N(CCO)C2CCS(=O)(=O)C2)C(=O)c2ccccc21. The Kier molecular flexibility index (Phi) is 4.50. The van der Waals surface area contributed by atoms with Gasteiger partial charge in [-0.25, -0.2) is 8.42 Å². The van der Waals surface area contributed by atoms with Crippen molar-refractivity contribution in [3.63, 3.8) is 0 Å². The number of benzene rings is 1. The molecule has 1 heterocycles. The number of nitrogens with zero attached hydrogens (tertiary/aromatic N) is 1. The molecule has 1 aliphatic carbocycles. The zero-order chi connectivity index (χ0) is 17.5. The second kappa shape index (κ2) is 6.31. The summed E-state index contributed by atoms with van der Waals surface area (Å²) in [5.74, 6) is -0.994. The van der Waals surface area contributed by atoms with Crippen LogP contribution in [-0.4, -0.2) is 60.7 Å². The zero-order valence-electron chi connectivity index (χ0n) is 12.7. The van der Waals surface area contributed by atoms with Crippen LogP contribution in [0.1, 0.15) is 27.1 Å². The molecule has 8 heteroatoms. The molecule has 3 rings (SSSR count). The molecule has 1 aromatic rings. The largest absolute Gasteiger partial charge is 0.395 e. The van der Waals surface area contributed by atoms with E-state index in [4.69, 9.17) is 11.6 Å². The average molecular weight is 370 g/mol. The van der Waals surface area contributed by atoms with Crippen LogP contribution in [0.15, 0.2) is 35.0 Å². The Morgan fingerprint density at radius 3 is 2.33 bits per heavy atom. The monoisotopic (exact) mass is 369 g/mol. The summed E-state index contributed by atoms with van der Waals surface area (Å²) in [5, 5.41) is 9.11. The van der Waals surface area contributed by atoms with E-state index in [1.165, 1.54) is 11.0 Å². The van der Waals surface area contributed by atoms with Crippen molar-refractivity contribution < 1.29 is 23.1 Å². The van der Waals surface area contributed by atoms with E-state index in [1.54, 1.807) is 18.2 Å². The maximum atomic E-state index is 12.8. The number of carbonyl (C=O) groups is 2. The molecule has 1 N–H and O–H groups in total. The Hall–Kier alpha value is -1.70. The summed E-state index contributed by atoms with van der Waals surface area (Å²) in [6.07, 6.45) is 0.332. The summed E-state index contributed by atoms with van der Waals surface area (Å²) in [4.78, 5) is 26.8. The molecular formula is C16H16ClNO5S. The average Bonchev–Trinajstić information content (AvgIpc) is 2.92. The number of rotatable bonds is 4. The Balaban J connectivity index is 2.06. The van der Waals surface area contributed by atoms with E-state index >= 15 is 0 Å². The molecule has 6 nitrogen and oxygen atoms in total. The molecule has 128 valence electrons. The minimum atomic E-state index is -3.19. The first-order valence-corrected chi connectivity index (χ1v) is 9.72. The Bertz CT molecular complexity index is 846. The van der Waals surface area contributed by atoms with Crippen molar-refractivity contribution >= 4 is 33.0 Å². The highest BCUT2D eigenvalue weighted by Gasteiger charge is 2.39. The van der Waals surface area contributed by atoms with Gasteiger partial charge in [-0.1, -0.05) is 35.9 Å². The van der Waals surface area contributed by atoms with Gasteiger partial charge in [0.25, 0.3) is 0 Å². The van der Waals surface area contributed by atoms with Gasteiger partial charge in [-0.2, -0.15) is 0 Å². The number of sulfone groups is 1. The van der Waals surface area contributed by atoms with Gasteiger partial charge in [-0.05, 0) is 6.42 Å². The van der Waals surface area contributed by atoms with E-state index in [1.807, 2.05) is 0 Å². The molecule has 2 aliphatic rings. The van der Waals surface area contributed by atoms with Gasteiger partial charge in [-0.3, -0.25) is 9.59 Å². The molecule has 24 heavy (non-hydrogen) atoms. The highest BCUT2D eigenvalue weighted by Crippen LogP contribution is 2.33. The topological polar surface area (TPSA) is 91.8 Å². The summed E-state index contributed by atoms with van der Waals surface area (Å²) in [5.41, 5.74) is 0.460. The smallest absolute Gasteiger partial charge is 0.211 e. The van der Waals surface area contributed by atoms with E-state index in [-0.39, 0.29) is 46.5 Å². The van der Waals surface area contributed by atoms with E-state index in [2.05, 4.69) is 0 Å². The van der Waals surface area contributed by atoms with Crippen LogP contribution in [0.5, 0.6) is 0 Å². The molecule has 1 atom stereocenters. The Morgan fingerprint density at radius 2 is 1.79 bits per heavy atom. The molecule has 0 bridgehead atoms. The summed E-state index contributed by atoms with van der Waals surface area (Å²) >= 11 is 6.17. The third kappa shape index (κ3) is 2.87. The molecule has 0 radical (unpaired) electrons. The van der Waals surface area contributed by atoms with Crippen molar-refractivity contribution in [2.75, 3.05) is 24.7 Å². The zero-order valence-corrected chi connectivity index (χ0v) is 14.3. The van der Waals surface area contributed by atoms with E-state index in [9.17, 15) is 23.1 Å². The predicted molar refractivity (Wildman–Crippen MR) is 88.8 cm³/mol.